The van der Waals surface area contributed by atoms with Crippen molar-refractivity contribution in [3.63, 3.8) is 0 Å². The highest BCUT2D eigenvalue weighted by Gasteiger charge is 2.03. The van der Waals surface area contributed by atoms with E-state index in [-0.39, 0.29) is 5.82 Å². The fourth-order valence-corrected chi connectivity index (χ4v) is 2.35. The van der Waals surface area contributed by atoms with Gasteiger partial charge in [-0.3, -0.25) is 0 Å². The molecular formula is C12H9ClFNS. The van der Waals surface area contributed by atoms with Crippen LogP contribution in [0.25, 0.3) is 0 Å². The molecule has 0 bridgehead atoms. The smallest absolute Gasteiger partial charge is 0.130 e. The van der Waals surface area contributed by atoms with Gasteiger partial charge in [-0.15, -0.1) is 0 Å². The van der Waals surface area contributed by atoms with Gasteiger partial charge in [-0.1, -0.05) is 23.4 Å². The van der Waals surface area contributed by atoms with Crippen LogP contribution in [0.4, 0.5) is 4.39 Å². The lowest BCUT2D eigenvalue weighted by molar-refractivity contribution is 0.626. The molecule has 0 unspecified atom stereocenters. The minimum absolute atomic E-state index is 0.228. The lowest BCUT2D eigenvalue weighted by atomic mass is 10.3. The predicted octanol–water partition coefficient (Wildman–Crippen LogP) is 4.33. The van der Waals surface area contributed by atoms with Crippen LogP contribution in [0.15, 0.2) is 46.3 Å². The Labute approximate surface area is 103 Å². The van der Waals surface area contributed by atoms with E-state index in [1.54, 1.807) is 30.1 Å². The van der Waals surface area contributed by atoms with Crippen molar-refractivity contribution in [2.75, 3.05) is 0 Å². The molecule has 0 amide bonds. The Kier molecular flexibility index (Phi) is 3.46. The highest BCUT2D eigenvalue weighted by molar-refractivity contribution is 7.99. The van der Waals surface area contributed by atoms with Crippen molar-refractivity contribution in [3.8, 4) is 0 Å². The molecule has 1 aromatic heterocycles. The van der Waals surface area contributed by atoms with E-state index in [0.29, 0.717) is 5.15 Å². The topological polar surface area (TPSA) is 12.9 Å². The number of rotatable bonds is 2. The molecule has 0 N–H and O–H groups in total. The second-order valence-corrected chi connectivity index (χ2v) is 4.83. The van der Waals surface area contributed by atoms with Crippen LogP contribution >= 0.6 is 23.4 Å². The number of nitrogens with zero attached hydrogens (tertiary/aromatic N) is 1. The molecule has 1 nitrogen and oxygen atoms in total. The van der Waals surface area contributed by atoms with Crippen molar-refractivity contribution in [1.82, 2.24) is 4.98 Å². The molecule has 0 saturated carbocycles. The molecule has 0 fully saturated rings. The molecule has 4 heteroatoms. The van der Waals surface area contributed by atoms with E-state index in [1.807, 2.05) is 13.0 Å². The number of hydrogen-bond acceptors (Lipinski definition) is 2. The second kappa shape index (κ2) is 4.85. The molecule has 0 aliphatic rings. The van der Waals surface area contributed by atoms with Crippen LogP contribution in [0, 0.1) is 12.7 Å². The van der Waals surface area contributed by atoms with E-state index in [0.717, 1.165) is 15.4 Å². The first-order chi connectivity index (χ1) is 7.65. The third-order valence-corrected chi connectivity index (χ3v) is 3.44. The fourth-order valence-electron chi connectivity index (χ4n) is 1.22. The monoisotopic (exact) mass is 253 g/mol. The maximum Gasteiger partial charge on any atom is 0.130 e. The molecule has 0 aliphatic carbocycles. The third-order valence-electron chi connectivity index (χ3n) is 2.06. The van der Waals surface area contributed by atoms with Crippen LogP contribution in [-0.2, 0) is 0 Å². The van der Waals surface area contributed by atoms with Crippen molar-refractivity contribution in [2.45, 2.75) is 16.7 Å². The summed E-state index contributed by atoms with van der Waals surface area (Å²) in [6.45, 7) is 1.97. The van der Waals surface area contributed by atoms with E-state index in [1.165, 1.54) is 12.1 Å². The van der Waals surface area contributed by atoms with Crippen molar-refractivity contribution >= 4 is 23.4 Å². The molecule has 2 aromatic rings. The molecule has 0 radical (unpaired) electrons. The first-order valence-corrected chi connectivity index (χ1v) is 5.90. The first-order valence-electron chi connectivity index (χ1n) is 4.71. The molecular weight excluding hydrogens is 245 g/mol. The molecule has 0 aliphatic heterocycles. The zero-order valence-corrected chi connectivity index (χ0v) is 10.1. The summed E-state index contributed by atoms with van der Waals surface area (Å²) in [5, 5.41) is 0.468. The lowest BCUT2D eigenvalue weighted by Crippen LogP contribution is -1.83. The Morgan fingerprint density at radius 1 is 1.25 bits per heavy atom. The summed E-state index contributed by atoms with van der Waals surface area (Å²) >= 11 is 7.37. The van der Waals surface area contributed by atoms with Gasteiger partial charge in [0.05, 0.1) is 0 Å². The molecule has 0 spiro atoms. The van der Waals surface area contributed by atoms with Crippen molar-refractivity contribution in [1.29, 1.82) is 0 Å². The predicted molar refractivity (Wildman–Crippen MR) is 64.5 cm³/mol. The van der Waals surface area contributed by atoms with Crippen molar-refractivity contribution in [3.05, 3.63) is 53.1 Å². The van der Waals surface area contributed by atoms with Crippen LogP contribution in [0.2, 0.25) is 5.15 Å². The molecule has 0 atom stereocenters. The van der Waals surface area contributed by atoms with Gasteiger partial charge >= 0.3 is 0 Å². The van der Waals surface area contributed by atoms with Gasteiger partial charge in [-0.25, -0.2) is 9.37 Å². The van der Waals surface area contributed by atoms with Gasteiger partial charge in [0.1, 0.15) is 11.0 Å². The Bertz CT molecular complexity index is 499. The highest BCUT2D eigenvalue weighted by Crippen LogP contribution is 2.31. The highest BCUT2D eigenvalue weighted by atomic mass is 35.5. The number of aryl methyl sites for hydroxylation is 1. The first kappa shape index (κ1) is 11.4. The van der Waals surface area contributed by atoms with Gasteiger partial charge in [0.2, 0.25) is 0 Å². The summed E-state index contributed by atoms with van der Waals surface area (Å²) in [5.41, 5.74) is 1.05. The summed E-state index contributed by atoms with van der Waals surface area (Å²) in [6, 6.07) is 8.19. The van der Waals surface area contributed by atoms with Gasteiger partial charge < -0.3 is 0 Å². The van der Waals surface area contributed by atoms with E-state index in [9.17, 15) is 4.39 Å². The summed E-state index contributed by atoms with van der Waals surface area (Å²) in [7, 11) is 0. The average Bonchev–Trinajstić information content (AvgIpc) is 2.27. The van der Waals surface area contributed by atoms with Gasteiger partial charge in [-0.05, 0) is 42.8 Å². The average molecular weight is 254 g/mol. The van der Waals surface area contributed by atoms with E-state index in [4.69, 9.17) is 11.6 Å². The van der Waals surface area contributed by atoms with E-state index < -0.39 is 0 Å². The minimum Gasteiger partial charge on any atom is -0.244 e. The summed E-state index contributed by atoms with van der Waals surface area (Å²) < 4.78 is 12.7. The van der Waals surface area contributed by atoms with Crippen LogP contribution in [-0.4, -0.2) is 4.98 Å². The summed E-state index contributed by atoms with van der Waals surface area (Å²) in [6.07, 6.45) is 1.73. The Hall–Kier alpha value is -1.06. The van der Waals surface area contributed by atoms with Crippen molar-refractivity contribution < 1.29 is 4.39 Å². The number of pyridine rings is 1. The van der Waals surface area contributed by atoms with E-state index in [2.05, 4.69) is 4.98 Å². The number of hydrogen-bond donors (Lipinski definition) is 0. The number of benzene rings is 1. The van der Waals surface area contributed by atoms with Crippen LogP contribution < -0.4 is 0 Å². The number of halogens is 2. The van der Waals surface area contributed by atoms with Gasteiger partial charge in [0.25, 0.3) is 0 Å². The van der Waals surface area contributed by atoms with Crippen LogP contribution in [0.5, 0.6) is 0 Å². The minimum atomic E-state index is -0.228. The van der Waals surface area contributed by atoms with Crippen LogP contribution in [0.1, 0.15) is 5.56 Å². The maximum absolute atomic E-state index is 12.7. The lowest BCUT2D eigenvalue weighted by Gasteiger charge is -2.05. The quantitative estimate of drug-likeness (QED) is 0.739. The summed E-state index contributed by atoms with van der Waals surface area (Å²) in [5.74, 6) is -0.228. The van der Waals surface area contributed by atoms with Gasteiger partial charge in [-0.2, -0.15) is 0 Å². The zero-order valence-electron chi connectivity index (χ0n) is 8.58. The van der Waals surface area contributed by atoms with Crippen LogP contribution in [0.3, 0.4) is 0 Å². The Balaban J connectivity index is 2.26. The third kappa shape index (κ3) is 2.74. The van der Waals surface area contributed by atoms with Gasteiger partial charge in [0.15, 0.2) is 0 Å². The maximum atomic E-state index is 12.7. The molecule has 1 aromatic carbocycles. The molecule has 82 valence electrons. The SMILES string of the molecule is Cc1cnc(Cl)cc1Sc1ccc(F)cc1. The molecule has 1 heterocycles. The summed E-state index contributed by atoms with van der Waals surface area (Å²) in [4.78, 5) is 6.00. The largest absolute Gasteiger partial charge is 0.244 e. The van der Waals surface area contributed by atoms with Gasteiger partial charge in [0, 0.05) is 16.0 Å². The Morgan fingerprint density at radius 3 is 2.62 bits per heavy atom. The fraction of sp³-hybridized carbons (Fsp3) is 0.0833. The molecule has 2 rings (SSSR count). The zero-order chi connectivity index (χ0) is 11.5. The standard InChI is InChI=1S/C12H9ClFNS/c1-8-7-15-12(13)6-11(8)16-10-4-2-9(14)3-5-10/h2-7H,1H3. The van der Waals surface area contributed by atoms with E-state index >= 15 is 0 Å². The molecule has 16 heavy (non-hydrogen) atoms. The normalized spacial score (nSPS) is 10.4. The molecule has 0 saturated heterocycles. The van der Waals surface area contributed by atoms with Crippen molar-refractivity contribution in [2.24, 2.45) is 0 Å². The Morgan fingerprint density at radius 2 is 1.94 bits per heavy atom. The number of aromatic nitrogens is 1. The second-order valence-electron chi connectivity index (χ2n) is 3.33.